The molecule has 0 aliphatic rings. The monoisotopic (exact) mass is 313 g/mol. The summed E-state index contributed by atoms with van der Waals surface area (Å²) in [4.78, 5) is 12.1. The number of nitrogens with one attached hydrogen (secondary N) is 1. The molecule has 4 heteroatoms. The van der Waals surface area contributed by atoms with Crippen molar-refractivity contribution in [3.63, 3.8) is 0 Å². The van der Waals surface area contributed by atoms with Gasteiger partial charge < -0.3 is 14.8 Å². The highest BCUT2D eigenvalue weighted by molar-refractivity contribution is 5.92. The number of anilines is 1. The first kappa shape index (κ1) is 16.9. The van der Waals surface area contributed by atoms with E-state index in [1.165, 1.54) is 0 Å². The second-order valence-corrected chi connectivity index (χ2v) is 5.48. The van der Waals surface area contributed by atoms with E-state index in [0.717, 1.165) is 17.0 Å². The van der Waals surface area contributed by atoms with E-state index < -0.39 is 0 Å². The zero-order chi connectivity index (χ0) is 16.7. The van der Waals surface area contributed by atoms with Crippen molar-refractivity contribution in [1.29, 1.82) is 0 Å². The van der Waals surface area contributed by atoms with Crippen LogP contribution in [-0.2, 0) is 4.79 Å². The number of benzene rings is 2. The van der Waals surface area contributed by atoms with E-state index in [9.17, 15) is 4.79 Å². The molecular weight excluding hydrogens is 290 g/mol. The van der Waals surface area contributed by atoms with Gasteiger partial charge in [-0.05, 0) is 48.7 Å². The van der Waals surface area contributed by atoms with Crippen LogP contribution >= 0.6 is 0 Å². The molecule has 2 aromatic rings. The number of hydrogen-bond acceptors (Lipinski definition) is 3. The van der Waals surface area contributed by atoms with Crippen molar-refractivity contribution < 1.29 is 14.3 Å². The van der Waals surface area contributed by atoms with Gasteiger partial charge in [0.1, 0.15) is 11.5 Å². The standard InChI is InChI=1S/C19H23NO3/c1-4-22-15-9-11-16(12-10-15)23-13-19(21)20-18-8-6-5-7-17(18)14(2)3/h5-12,14H,4,13H2,1-3H3,(H,20,21). The summed E-state index contributed by atoms with van der Waals surface area (Å²) in [6, 6.07) is 15.0. The number of carbonyl (C=O) groups excluding carboxylic acids is 1. The maximum Gasteiger partial charge on any atom is 0.262 e. The Kier molecular flexibility index (Phi) is 6.03. The number of carbonyl (C=O) groups is 1. The van der Waals surface area contributed by atoms with Gasteiger partial charge >= 0.3 is 0 Å². The highest BCUT2D eigenvalue weighted by atomic mass is 16.5. The molecule has 0 aromatic heterocycles. The summed E-state index contributed by atoms with van der Waals surface area (Å²) < 4.78 is 10.9. The molecule has 0 heterocycles. The Labute approximate surface area is 137 Å². The molecule has 0 fully saturated rings. The lowest BCUT2D eigenvalue weighted by atomic mass is 10.0. The van der Waals surface area contributed by atoms with E-state index in [2.05, 4.69) is 19.2 Å². The van der Waals surface area contributed by atoms with Gasteiger partial charge in [0.2, 0.25) is 0 Å². The van der Waals surface area contributed by atoms with E-state index >= 15 is 0 Å². The van der Waals surface area contributed by atoms with Crippen molar-refractivity contribution in [2.24, 2.45) is 0 Å². The average molecular weight is 313 g/mol. The Morgan fingerprint density at radius 3 is 2.22 bits per heavy atom. The Hall–Kier alpha value is -2.49. The van der Waals surface area contributed by atoms with E-state index in [-0.39, 0.29) is 12.5 Å². The largest absolute Gasteiger partial charge is 0.494 e. The first-order chi connectivity index (χ1) is 11.1. The molecule has 0 radical (unpaired) electrons. The van der Waals surface area contributed by atoms with Gasteiger partial charge in [-0.15, -0.1) is 0 Å². The van der Waals surface area contributed by atoms with Gasteiger partial charge in [-0.3, -0.25) is 4.79 Å². The zero-order valence-electron chi connectivity index (χ0n) is 13.8. The smallest absolute Gasteiger partial charge is 0.262 e. The minimum Gasteiger partial charge on any atom is -0.494 e. The molecule has 0 saturated carbocycles. The average Bonchev–Trinajstić information content (AvgIpc) is 2.55. The van der Waals surface area contributed by atoms with Gasteiger partial charge in [0, 0.05) is 5.69 Å². The van der Waals surface area contributed by atoms with Gasteiger partial charge in [-0.2, -0.15) is 0 Å². The van der Waals surface area contributed by atoms with Crippen LogP contribution in [-0.4, -0.2) is 19.1 Å². The first-order valence-electron chi connectivity index (χ1n) is 7.84. The molecule has 0 aliphatic heterocycles. The molecular formula is C19H23NO3. The molecule has 1 N–H and O–H groups in total. The van der Waals surface area contributed by atoms with E-state index in [4.69, 9.17) is 9.47 Å². The lowest BCUT2D eigenvalue weighted by Gasteiger charge is -2.14. The van der Waals surface area contributed by atoms with Crippen molar-refractivity contribution in [3.8, 4) is 11.5 Å². The molecule has 122 valence electrons. The molecule has 0 aliphatic carbocycles. The van der Waals surface area contributed by atoms with Crippen LogP contribution in [0.15, 0.2) is 48.5 Å². The molecule has 2 rings (SSSR count). The number of hydrogen-bond donors (Lipinski definition) is 1. The fourth-order valence-corrected chi connectivity index (χ4v) is 2.25. The van der Waals surface area contributed by atoms with Crippen molar-refractivity contribution in [3.05, 3.63) is 54.1 Å². The van der Waals surface area contributed by atoms with E-state index in [0.29, 0.717) is 18.3 Å². The topological polar surface area (TPSA) is 47.6 Å². The summed E-state index contributed by atoms with van der Waals surface area (Å²) >= 11 is 0. The SMILES string of the molecule is CCOc1ccc(OCC(=O)Nc2ccccc2C(C)C)cc1. The third-order valence-electron chi connectivity index (χ3n) is 3.36. The Bertz CT molecular complexity index is 635. The Morgan fingerprint density at radius 1 is 1.00 bits per heavy atom. The van der Waals surface area contributed by atoms with Gasteiger partial charge in [-0.1, -0.05) is 32.0 Å². The predicted molar refractivity (Wildman–Crippen MR) is 92.3 cm³/mol. The molecule has 0 saturated heterocycles. The predicted octanol–water partition coefficient (Wildman–Crippen LogP) is 4.23. The third-order valence-corrected chi connectivity index (χ3v) is 3.36. The molecule has 23 heavy (non-hydrogen) atoms. The molecule has 0 atom stereocenters. The lowest BCUT2D eigenvalue weighted by molar-refractivity contribution is -0.118. The summed E-state index contributed by atoms with van der Waals surface area (Å²) in [5, 5.41) is 2.91. The van der Waals surface area contributed by atoms with E-state index in [1.807, 2.05) is 43.3 Å². The molecule has 0 bridgehead atoms. The minimum atomic E-state index is -0.174. The molecule has 1 amide bonds. The molecule has 0 unspecified atom stereocenters. The van der Waals surface area contributed by atoms with Crippen molar-refractivity contribution in [1.82, 2.24) is 0 Å². The summed E-state index contributed by atoms with van der Waals surface area (Å²) in [5.74, 6) is 1.60. The maximum absolute atomic E-state index is 12.1. The van der Waals surface area contributed by atoms with Gasteiger partial charge in [0.25, 0.3) is 5.91 Å². The highest BCUT2D eigenvalue weighted by Crippen LogP contribution is 2.23. The number of para-hydroxylation sites is 1. The van der Waals surface area contributed by atoms with Gasteiger partial charge in [0.15, 0.2) is 6.61 Å². The Morgan fingerprint density at radius 2 is 1.61 bits per heavy atom. The summed E-state index contributed by atoms with van der Waals surface area (Å²) in [6.07, 6.45) is 0. The van der Waals surface area contributed by atoms with Crippen LogP contribution in [0.4, 0.5) is 5.69 Å². The Balaban J connectivity index is 1.90. The lowest BCUT2D eigenvalue weighted by Crippen LogP contribution is -2.21. The van der Waals surface area contributed by atoms with Gasteiger partial charge in [-0.25, -0.2) is 0 Å². The van der Waals surface area contributed by atoms with Crippen molar-refractivity contribution in [2.45, 2.75) is 26.7 Å². The van der Waals surface area contributed by atoms with Crippen molar-refractivity contribution >= 4 is 11.6 Å². The van der Waals surface area contributed by atoms with E-state index in [1.54, 1.807) is 12.1 Å². The van der Waals surface area contributed by atoms with Crippen LogP contribution in [0.3, 0.4) is 0 Å². The fraction of sp³-hybridized carbons (Fsp3) is 0.316. The number of rotatable bonds is 7. The normalized spacial score (nSPS) is 10.4. The first-order valence-corrected chi connectivity index (χ1v) is 7.84. The summed E-state index contributed by atoms with van der Waals surface area (Å²) in [7, 11) is 0. The van der Waals surface area contributed by atoms with Crippen LogP contribution in [0.25, 0.3) is 0 Å². The second-order valence-electron chi connectivity index (χ2n) is 5.48. The van der Waals surface area contributed by atoms with Crippen LogP contribution in [0.1, 0.15) is 32.3 Å². The van der Waals surface area contributed by atoms with Gasteiger partial charge in [0.05, 0.1) is 6.61 Å². The third kappa shape index (κ3) is 5.02. The van der Waals surface area contributed by atoms with Crippen LogP contribution in [0.2, 0.25) is 0 Å². The van der Waals surface area contributed by atoms with Crippen LogP contribution < -0.4 is 14.8 Å². The molecule has 2 aromatic carbocycles. The highest BCUT2D eigenvalue weighted by Gasteiger charge is 2.09. The maximum atomic E-state index is 12.1. The minimum absolute atomic E-state index is 0.0274. The summed E-state index contributed by atoms with van der Waals surface area (Å²) in [6.45, 7) is 6.73. The summed E-state index contributed by atoms with van der Waals surface area (Å²) in [5.41, 5.74) is 1.95. The number of amides is 1. The van der Waals surface area contributed by atoms with Crippen LogP contribution in [0.5, 0.6) is 11.5 Å². The zero-order valence-corrected chi connectivity index (χ0v) is 13.8. The van der Waals surface area contributed by atoms with Crippen LogP contribution in [0, 0.1) is 0 Å². The second kappa shape index (κ2) is 8.22. The fourth-order valence-electron chi connectivity index (χ4n) is 2.25. The van der Waals surface area contributed by atoms with Crippen molar-refractivity contribution in [2.75, 3.05) is 18.5 Å². The molecule has 4 nitrogen and oxygen atoms in total. The molecule has 0 spiro atoms. The number of ether oxygens (including phenoxy) is 2. The quantitative estimate of drug-likeness (QED) is 0.832.